The van der Waals surface area contributed by atoms with E-state index in [4.69, 9.17) is 23.2 Å². The van der Waals surface area contributed by atoms with Crippen molar-refractivity contribution in [2.24, 2.45) is 0 Å². The minimum Gasteiger partial charge on any atom is -0.313 e. The second kappa shape index (κ2) is 7.49. The summed E-state index contributed by atoms with van der Waals surface area (Å²) in [5.41, 5.74) is 1.17. The van der Waals surface area contributed by atoms with Crippen LogP contribution in [0.15, 0.2) is 18.2 Å². The van der Waals surface area contributed by atoms with Crippen LogP contribution in [-0.4, -0.2) is 30.6 Å². The van der Waals surface area contributed by atoms with Crippen LogP contribution in [0.4, 0.5) is 0 Å². The van der Waals surface area contributed by atoms with Crippen LogP contribution in [0.5, 0.6) is 0 Å². The van der Waals surface area contributed by atoms with E-state index < -0.39 is 0 Å². The highest BCUT2D eigenvalue weighted by molar-refractivity contribution is 6.35. The Kier molecular flexibility index (Phi) is 5.96. The monoisotopic (exact) mass is 300 g/mol. The second-order valence-corrected chi connectivity index (χ2v) is 6.11. The van der Waals surface area contributed by atoms with Gasteiger partial charge in [-0.2, -0.15) is 0 Å². The number of nitrogens with one attached hydrogen (secondary N) is 1. The first-order valence-electron chi connectivity index (χ1n) is 7.08. The highest BCUT2D eigenvalue weighted by Gasteiger charge is 2.17. The molecule has 2 rings (SSSR count). The third-order valence-corrected chi connectivity index (χ3v) is 4.20. The van der Waals surface area contributed by atoms with E-state index >= 15 is 0 Å². The molecule has 106 valence electrons. The van der Waals surface area contributed by atoms with E-state index in [1.165, 1.54) is 24.8 Å². The minimum absolute atomic E-state index is 0.610. The zero-order chi connectivity index (χ0) is 13.7. The summed E-state index contributed by atoms with van der Waals surface area (Å²) in [5, 5.41) is 5.10. The van der Waals surface area contributed by atoms with Gasteiger partial charge >= 0.3 is 0 Å². The fraction of sp³-hybridized carbons (Fsp3) is 0.600. The van der Waals surface area contributed by atoms with Gasteiger partial charge in [0.2, 0.25) is 0 Å². The average Bonchev–Trinajstić information content (AvgIpc) is 2.59. The maximum absolute atomic E-state index is 6.26. The third-order valence-electron chi connectivity index (χ3n) is 3.61. The topological polar surface area (TPSA) is 15.3 Å². The fourth-order valence-electron chi connectivity index (χ4n) is 2.65. The zero-order valence-corrected chi connectivity index (χ0v) is 13.0. The molecule has 1 saturated heterocycles. The Labute approximate surface area is 126 Å². The van der Waals surface area contributed by atoms with Crippen LogP contribution in [0.1, 0.15) is 31.7 Å². The van der Waals surface area contributed by atoms with Gasteiger partial charge in [0.15, 0.2) is 0 Å². The molecule has 1 unspecified atom stereocenters. The molecule has 0 spiro atoms. The van der Waals surface area contributed by atoms with E-state index in [0.29, 0.717) is 11.1 Å². The first kappa shape index (κ1) is 15.1. The second-order valence-electron chi connectivity index (χ2n) is 5.26. The molecule has 1 aliphatic heterocycles. The molecule has 1 fully saturated rings. The summed E-state index contributed by atoms with van der Waals surface area (Å²) >= 11 is 12.2. The Morgan fingerprint density at radius 1 is 1.37 bits per heavy atom. The molecule has 1 aliphatic rings. The SMILES string of the molecule is CCCC1CN(Cc2ccc(Cl)cc2Cl)CCCN1. The fourth-order valence-corrected chi connectivity index (χ4v) is 3.12. The molecular formula is C15H22Cl2N2. The minimum atomic E-state index is 0.610. The van der Waals surface area contributed by atoms with Crippen molar-refractivity contribution in [1.29, 1.82) is 0 Å². The lowest BCUT2D eigenvalue weighted by Gasteiger charge is -2.24. The van der Waals surface area contributed by atoms with Gasteiger partial charge in [-0.1, -0.05) is 42.6 Å². The Morgan fingerprint density at radius 2 is 2.21 bits per heavy atom. The van der Waals surface area contributed by atoms with Gasteiger partial charge in [0.25, 0.3) is 0 Å². The molecule has 0 radical (unpaired) electrons. The quantitative estimate of drug-likeness (QED) is 0.905. The molecule has 0 aliphatic carbocycles. The predicted octanol–water partition coefficient (Wildman–Crippen LogP) is 3.96. The molecule has 2 nitrogen and oxygen atoms in total. The molecule has 0 bridgehead atoms. The highest BCUT2D eigenvalue weighted by Crippen LogP contribution is 2.22. The summed E-state index contributed by atoms with van der Waals surface area (Å²) in [4.78, 5) is 2.50. The molecule has 1 atom stereocenters. The molecular weight excluding hydrogens is 279 g/mol. The Hall–Kier alpha value is -0.280. The third kappa shape index (κ3) is 4.64. The van der Waals surface area contributed by atoms with Gasteiger partial charge in [0, 0.05) is 29.2 Å². The molecule has 19 heavy (non-hydrogen) atoms. The largest absolute Gasteiger partial charge is 0.313 e. The molecule has 1 heterocycles. The van der Waals surface area contributed by atoms with E-state index in [1.54, 1.807) is 0 Å². The van der Waals surface area contributed by atoms with Crippen molar-refractivity contribution in [2.75, 3.05) is 19.6 Å². The van der Waals surface area contributed by atoms with E-state index in [1.807, 2.05) is 18.2 Å². The molecule has 1 aromatic rings. The van der Waals surface area contributed by atoms with E-state index in [-0.39, 0.29) is 0 Å². The summed E-state index contributed by atoms with van der Waals surface area (Å²) in [6.07, 6.45) is 3.67. The van der Waals surface area contributed by atoms with Crippen molar-refractivity contribution in [3.63, 3.8) is 0 Å². The van der Waals surface area contributed by atoms with Gasteiger partial charge in [0.05, 0.1) is 0 Å². The van der Waals surface area contributed by atoms with Crippen LogP contribution in [0, 0.1) is 0 Å². The maximum Gasteiger partial charge on any atom is 0.0465 e. The molecule has 4 heteroatoms. The molecule has 0 amide bonds. The molecule has 1 aromatic carbocycles. The van der Waals surface area contributed by atoms with Crippen LogP contribution in [-0.2, 0) is 6.54 Å². The first-order valence-corrected chi connectivity index (χ1v) is 7.84. The Morgan fingerprint density at radius 3 is 2.95 bits per heavy atom. The lowest BCUT2D eigenvalue weighted by molar-refractivity contribution is 0.255. The van der Waals surface area contributed by atoms with Gasteiger partial charge in [-0.05, 0) is 43.6 Å². The number of rotatable bonds is 4. The predicted molar refractivity (Wildman–Crippen MR) is 83.1 cm³/mol. The number of benzene rings is 1. The average molecular weight is 301 g/mol. The van der Waals surface area contributed by atoms with Crippen molar-refractivity contribution in [2.45, 2.75) is 38.8 Å². The van der Waals surface area contributed by atoms with Crippen LogP contribution < -0.4 is 5.32 Å². The van der Waals surface area contributed by atoms with E-state index in [2.05, 4.69) is 17.1 Å². The van der Waals surface area contributed by atoms with Gasteiger partial charge < -0.3 is 5.32 Å². The van der Waals surface area contributed by atoms with Crippen molar-refractivity contribution in [3.05, 3.63) is 33.8 Å². The van der Waals surface area contributed by atoms with Gasteiger partial charge in [0.1, 0.15) is 0 Å². The summed E-state index contributed by atoms with van der Waals surface area (Å²) < 4.78 is 0. The summed E-state index contributed by atoms with van der Waals surface area (Å²) in [7, 11) is 0. The lowest BCUT2D eigenvalue weighted by Crippen LogP contribution is -2.37. The van der Waals surface area contributed by atoms with Gasteiger partial charge in [-0.3, -0.25) is 4.90 Å². The van der Waals surface area contributed by atoms with Crippen molar-refractivity contribution in [3.8, 4) is 0 Å². The van der Waals surface area contributed by atoms with Crippen LogP contribution >= 0.6 is 23.2 Å². The standard InChI is InChI=1S/C15H22Cl2N2/c1-2-4-14-11-19(8-3-7-18-14)10-12-5-6-13(16)9-15(12)17/h5-6,9,14,18H,2-4,7-8,10-11H2,1H3. The van der Waals surface area contributed by atoms with Crippen LogP contribution in [0.2, 0.25) is 10.0 Å². The van der Waals surface area contributed by atoms with Crippen LogP contribution in [0.3, 0.4) is 0 Å². The molecule has 1 N–H and O–H groups in total. The summed E-state index contributed by atoms with van der Waals surface area (Å²) in [6.45, 7) is 6.51. The van der Waals surface area contributed by atoms with Crippen molar-refractivity contribution < 1.29 is 0 Å². The Bertz CT molecular complexity index is 409. The smallest absolute Gasteiger partial charge is 0.0465 e. The normalized spacial score (nSPS) is 21.3. The first-order chi connectivity index (χ1) is 9.19. The molecule has 0 saturated carbocycles. The van der Waals surface area contributed by atoms with E-state index in [0.717, 1.165) is 31.2 Å². The number of hydrogen-bond donors (Lipinski definition) is 1. The Balaban J connectivity index is 2.00. The lowest BCUT2D eigenvalue weighted by atomic mass is 10.1. The highest BCUT2D eigenvalue weighted by atomic mass is 35.5. The zero-order valence-electron chi connectivity index (χ0n) is 11.5. The number of halogens is 2. The van der Waals surface area contributed by atoms with Crippen molar-refractivity contribution in [1.82, 2.24) is 10.2 Å². The van der Waals surface area contributed by atoms with Gasteiger partial charge in [-0.25, -0.2) is 0 Å². The van der Waals surface area contributed by atoms with Crippen LogP contribution in [0.25, 0.3) is 0 Å². The van der Waals surface area contributed by atoms with E-state index in [9.17, 15) is 0 Å². The molecule has 0 aromatic heterocycles. The summed E-state index contributed by atoms with van der Waals surface area (Å²) in [5.74, 6) is 0. The number of nitrogens with zero attached hydrogens (tertiary/aromatic N) is 1. The van der Waals surface area contributed by atoms with Crippen molar-refractivity contribution >= 4 is 23.2 Å². The maximum atomic E-state index is 6.26. The summed E-state index contributed by atoms with van der Waals surface area (Å²) in [6, 6.07) is 6.40. The number of hydrogen-bond acceptors (Lipinski definition) is 2. The van der Waals surface area contributed by atoms with Gasteiger partial charge in [-0.15, -0.1) is 0 Å².